The SMILES string of the molecule is N#C/C(=C/NCCCN1CCCC1=O)C(=O)NC1CCCCC1. The van der Waals surface area contributed by atoms with Crippen LogP contribution < -0.4 is 10.6 Å². The molecule has 0 aromatic heterocycles. The number of carbonyl (C=O) groups is 2. The van der Waals surface area contributed by atoms with Crippen LogP contribution in [-0.4, -0.2) is 42.4 Å². The van der Waals surface area contributed by atoms with E-state index in [0.29, 0.717) is 13.0 Å². The molecule has 0 aromatic rings. The molecule has 126 valence electrons. The Hall–Kier alpha value is -2.03. The van der Waals surface area contributed by atoms with Crippen molar-refractivity contribution < 1.29 is 9.59 Å². The predicted molar refractivity (Wildman–Crippen MR) is 87.1 cm³/mol. The van der Waals surface area contributed by atoms with Crippen LogP contribution >= 0.6 is 0 Å². The van der Waals surface area contributed by atoms with E-state index in [0.717, 1.165) is 51.6 Å². The third-order valence-electron chi connectivity index (χ3n) is 4.47. The van der Waals surface area contributed by atoms with E-state index >= 15 is 0 Å². The average Bonchev–Trinajstić information content (AvgIpc) is 2.97. The largest absolute Gasteiger partial charge is 0.390 e. The summed E-state index contributed by atoms with van der Waals surface area (Å²) < 4.78 is 0. The Balaban J connectivity index is 1.67. The highest BCUT2D eigenvalue weighted by Gasteiger charge is 2.19. The topological polar surface area (TPSA) is 85.2 Å². The Morgan fingerprint density at radius 1 is 1.30 bits per heavy atom. The minimum Gasteiger partial charge on any atom is -0.390 e. The Morgan fingerprint density at radius 3 is 2.74 bits per heavy atom. The summed E-state index contributed by atoms with van der Waals surface area (Å²) in [5.41, 5.74) is 0.118. The molecule has 0 aromatic carbocycles. The molecule has 0 bridgehead atoms. The normalized spacial score (nSPS) is 19.5. The number of nitriles is 1. The lowest BCUT2D eigenvalue weighted by atomic mass is 9.95. The molecule has 0 unspecified atom stereocenters. The van der Waals surface area contributed by atoms with Gasteiger partial charge in [-0.05, 0) is 25.7 Å². The van der Waals surface area contributed by atoms with Crippen LogP contribution in [0.25, 0.3) is 0 Å². The molecule has 1 heterocycles. The maximum Gasteiger partial charge on any atom is 0.263 e. The van der Waals surface area contributed by atoms with Gasteiger partial charge in [-0.2, -0.15) is 5.26 Å². The molecule has 23 heavy (non-hydrogen) atoms. The summed E-state index contributed by atoms with van der Waals surface area (Å²) in [5, 5.41) is 15.1. The highest BCUT2D eigenvalue weighted by molar-refractivity contribution is 5.97. The van der Waals surface area contributed by atoms with E-state index in [2.05, 4.69) is 10.6 Å². The van der Waals surface area contributed by atoms with Gasteiger partial charge in [-0.3, -0.25) is 9.59 Å². The monoisotopic (exact) mass is 318 g/mol. The lowest BCUT2D eigenvalue weighted by Gasteiger charge is -2.22. The van der Waals surface area contributed by atoms with E-state index in [-0.39, 0.29) is 23.4 Å². The fraction of sp³-hybridized carbons (Fsp3) is 0.706. The Labute approximate surface area is 137 Å². The van der Waals surface area contributed by atoms with Crippen LogP contribution in [0, 0.1) is 11.3 Å². The van der Waals surface area contributed by atoms with Crippen molar-refractivity contribution in [3.05, 3.63) is 11.8 Å². The Kier molecular flexibility index (Phi) is 6.92. The summed E-state index contributed by atoms with van der Waals surface area (Å²) in [6.07, 6.45) is 9.43. The van der Waals surface area contributed by atoms with E-state index < -0.39 is 0 Å². The number of rotatable bonds is 7. The van der Waals surface area contributed by atoms with Crippen molar-refractivity contribution in [3.8, 4) is 6.07 Å². The number of nitrogens with one attached hydrogen (secondary N) is 2. The van der Waals surface area contributed by atoms with E-state index in [9.17, 15) is 9.59 Å². The van der Waals surface area contributed by atoms with Gasteiger partial charge in [0.1, 0.15) is 11.6 Å². The third kappa shape index (κ3) is 5.59. The molecule has 2 rings (SSSR count). The summed E-state index contributed by atoms with van der Waals surface area (Å²) >= 11 is 0. The first-order chi connectivity index (χ1) is 11.2. The molecule has 1 saturated carbocycles. The number of amides is 2. The number of nitrogens with zero attached hydrogens (tertiary/aromatic N) is 2. The second kappa shape index (κ2) is 9.19. The standard InChI is InChI=1S/C17H26N4O2/c18-12-14(17(23)20-15-6-2-1-3-7-15)13-19-9-5-11-21-10-4-8-16(21)22/h13,15,19H,1-11H2,(H,20,23)/b14-13-. The van der Waals surface area contributed by atoms with Crippen LogP contribution in [0.4, 0.5) is 0 Å². The Bertz CT molecular complexity index is 489. The fourth-order valence-electron chi connectivity index (χ4n) is 3.15. The fourth-order valence-corrected chi connectivity index (χ4v) is 3.15. The molecule has 6 heteroatoms. The van der Waals surface area contributed by atoms with Crippen molar-refractivity contribution in [2.75, 3.05) is 19.6 Å². The molecule has 1 saturated heterocycles. The van der Waals surface area contributed by atoms with Gasteiger partial charge in [0.15, 0.2) is 0 Å². The van der Waals surface area contributed by atoms with Crippen molar-refractivity contribution in [1.82, 2.24) is 15.5 Å². The van der Waals surface area contributed by atoms with Gasteiger partial charge < -0.3 is 15.5 Å². The van der Waals surface area contributed by atoms with Crippen LogP contribution in [0.1, 0.15) is 51.4 Å². The van der Waals surface area contributed by atoms with Crippen LogP contribution in [0.15, 0.2) is 11.8 Å². The van der Waals surface area contributed by atoms with Crippen LogP contribution in [0.2, 0.25) is 0 Å². The molecule has 2 N–H and O–H groups in total. The van der Waals surface area contributed by atoms with Crippen LogP contribution in [0.5, 0.6) is 0 Å². The molecular weight excluding hydrogens is 292 g/mol. The summed E-state index contributed by atoms with van der Waals surface area (Å²) in [7, 11) is 0. The van der Waals surface area contributed by atoms with Gasteiger partial charge in [0, 0.05) is 38.3 Å². The van der Waals surface area contributed by atoms with Crippen molar-refractivity contribution in [1.29, 1.82) is 5.26 Å². The van der Waals surface area contributed by atoms with E-state index in [1.807, 2.05) is 11.0 Å². The zero-order valence-corrected chi connectivity index (χ0v) is 13.6. The molecule has 1 aliphatic heterocycles. The third-order valence-corrected chi connectivity index (χ3v) is 4.47. The zero-order valence-electron chi connectivity index (χ0n) is 13.6. The molecule has 2 aliphatic rings. The molecule has 6 nitrogen and oxygen atoms in total. The van der Waals surface area contributed by atoms with Crippen molar-refractivity contribution in [3.63, 3.8) is 0 Å². The second-order valence-corrected chi connectivity index (χ2v) is 6.27. The quantitative estimate of drug-likeness (QED) is 0.423. The molecule has 1 aliphatic carbocycles. The van der Waals surface area contributed by atoms with Gasteiger partial charge in [-0.15, -0.1) is 0 Å². The van der Waals surface area contributed by atoms with Gasteiger partial charge in [-0.25, -0.2) is 0 Å². The summed E-state index contributed by atoms with van der Waals surface area (Å²) in [6, 6.07) is 2.16. The smallest absolute Gasteiger partial charge is 0.263 e. The van der Waals surface area contributed by atoms with E-state index in [1.165, 1.54) is 12.6 Å². The Morgan fingerprint density at radius 2 is 2.09 bits per heavy atom. The van der Waals surface area contributed by atoms with Crippen molar-refractivity contribution in [2.24, 2.45) is 0 Å². The summed E-state index contributed by atoms with van der Waals surface area (Å²) in [4.78, 5) is 25.4. The van der Waals surface area contributed by atoms with Gasteiger partial charge >= 0.3 is 0 Å². The lowest BCUT2D eigenvalue weighted by Crippen LogP contribution is -2.37. The number of hydrogen-bond acceptors (Lipinski definition) is 4. The second-order valence-electron chi connectivity index (χ2n) is 6.27. The summed E-state index contributed by atoms with van der Waals surface area (Å²) in [6.45, 7) is 2.23. The molecule has 2 fully saturated rings. The summed E-state index contributed by atoms with van der Waals surface area (Å²) in [5.74, 6) is -0.0632. The highest BCUT2D eigenvalue weighted by atomic mass is 16.2. The van der Waals surface area contributed by atoms with Gasteiger partial charge in [-0.1, -0.05) is 19.3 Å². The first kappa shape index (κ1) is 17.3. The first-order valence-corrected chi connectivity index (χ1v) is 8.63. The van der Waals surface area contributed by atoms with E-state index in [1.54, 1.807) is 0 Å². The molecule has 0 radical (unpaired) electrons. The van der Waals surface area contributed by atoms with Crippen LogP contribution in [-0.2, 0) is 9.59 Å². The number of carbonyl (C=O) groups excluding carboxylic acids is 2. The minimum atomic E-state index is -0.290. The first-order valence-electron chi connectivity index (χ1n) is 8.63. The van der Waals surface area contributed by atoms with Crippen molar-refractivity contribution in [2.45, 2.75) is 57.4 Å². The average molecular weight is 318 g/mol. The molecule has 0 spiro atoms. The maximum absolute atomic E-state index is 12.1. The predicted octanol–water partition coefficient (Wildman–Crippen LogP) is 1.44. The maximum atomic E-state index is 12.1. The van der Waals surface area contributed by atoms with Crippen LogP contribution in [0.3, 0.4) is 0 Å². The van der Waals surface area contributed by atoms with Gasteiger partial charge in [0.25, 0.3) is 5.91 Å². The zero-order chi connectivity index (χ0) is 16.5. The van der Waals surface area contributed by atoms with Gasteiger partial charge in [0.05, 0.1) is 0 Å². The van der Waals surface area contributed by atoms with E-state index in [4.69, 9.17) is 5.26 Å². The molecular formula is C17H26N4O2. The lowest BCUT2D eigenvalue weighted by molar-refractivity contribution is -0.127. The van der Waals surface area contributed by atoms with Gasteiger partial charge in [0.2, 0.25) is 5.91 Å². The number of hydrogen-bond donors (Lipinski definition) is 2. The highest BCUT2D eigenvalue weighted by Crippen LogP contribution is 2.17. The molecule has 2 amide bonds. The number of likely N-dealkylation sites (tertiary alicyclic amines) is 1. The van der Waals surface area contributed by atoms with Crippen molar-refractivity contribution >= 4 is 11.8 Å². The minimum absolute atomic E-state index is 0.118. The molecule has 0 atom stereocenters.